The summed E-state index contributed by atoms with van der Waals surface area (Å²) in [4.78, 5) is 25.6. The maximum absolute atomic E-state index is 12.0. The number of carboxylic acid groups (broad SMARTS) is 1. The minimum Gasteiger partial charge on any atom is -0.480 e. The van der Waals surface area contributed by atoms with Crippen molar-refractivity contribution in [2.45, 2.75) is 37.8 Å². The molecule has 1 aliphatic rings. The van der Waals surface area contributed by atoms with Crippen LogP contribution in [-0.2, 0) is 16.0 Å². The van der Waals surface area contributed by atoms with Gasteiger partial charge in [-0.15, -0.1) is 11.3 Å². The van der Waals surface area contributed by atoms with E-state index in [0.29, 0.717) is 12.8 Å². The lowest BCUT2D eigenvalue weighted by Crippen LogP contribution is -2.40. The van der Waals surface area contributed by atoms with Crippen molar-refractivity contribution in [3.63, 3.8) is 0 Å². The van der Waals surface area contributed by atoms with Gasteiger partial charge in [0, 0.05) is 24.3 Å². The average molecular weight is 362 g/mol. The van der Waals surface area contributed by atoms with Gasteiger partial charge < -0.3 is 15.1 Å². The quantitative estimate of drug-likeness (QED) is 0.839. The van der Waals surface area contributed by atoms with E-state index in [9.17, 15) is 14.7 Å². The standard InChI is InChI=1S/C13H16BrNO4S/c14-11-5-4-9(20-11)2-1-3-12(17)15-7-8(16)6-10(15)13(18)19/h4-5,8,10,16H,1-3,6-7H2,(H,18,19)/t8-,10-/m1/s1. The van der Waals surface area contributed by atoms with Gasteiger partial charge >= 0.3 is 5.97 Å². The van der Waals surface area contributed by atoms with Crippen LogP contribution in [0.5, 0.6) is 0 Å². The molecular formula is C13H16BrNO4S. The summed E-state index contributed by atoms with van der Waals surface area (Å²) < 4.78 is 1.06. The molecule has 1 aliphatic heterocycles. The fraction of sp³-hybridized carbons (Fsp3) is 0.538. The zero-order valence-corrected chi connectivity index (χ0v) is 13.2. The molecule has 2 rings (SSSR count). The number of nitrogens with zero attached hydrogens (tertiary/aromatic N) is 1. The van der Waals surface area contributed by atoms with Crippen LogP contribution in [0.2, 0.25) is 0 Å². The predicted molar refractivity (Wildman–Crippen MR) is 78.7 cm³/mol. The molecule has 5 nitrogen and oxygen atoms in total. The zero-order valence-electron chi connectivity index (χ0n) is 10.8. The molecular weight excluding hydrogens is 346 g/mol. The number of aliphatic hydroxyl groups is 1. The van der Waals surface area contributed by atoms with Crippen LogP contribution in [0.15, 0.2) is 15.9 Å². The van der Waals surface area contributed by atoms with Crippen LogP contribution in [-0.4, -0.2) is 45.7 Å². The second kappa shape index (κ2) is 6.69. The Hall–Kier alpha value is -0.920. The minimum absolute atomic E-state index is 0.124. The molecule has 20 heavy (non-hydrogen) atoms. The van der Waals surface area contributed by atoms with Crippen LogP contribution in [0.4, 0.5) is 0 Å². The van der Waals surface area contributed by atoms with Crippen LogP contribution in [0.25, 0.3) is 0 Å². The first kappa shape index (κ1) is 15.5. The third kappa shape index (κ3) is 3.80. The number of amides is 1. The van der Waals surface area contributed by atoms with E-state index in [-0.39, 0.29) is 18.9 Å². The Morgan fingerprint density at radius 2 is 2.20 bits per heavy atom. The molecule has 1 aromatic rings. The van der Waals surface area contributed by atoms with E-state index in [2.05, 4.69) is 15.9 Å². The molecule has 2 heterocycles. The molecule has 2 atom stereocenters. The summed E-state index contributed by atoms with van der Waals surface area (Å²) in [5, 5.41) is 18.6. The monoisotopic (exact) mass is 361 g/mol. The maximum Gasteiger partial charge on any atom is 0.326 e. The molecule has 7 heteroatoms. The van der Waals surface area contributed by atoms with Gasteiger partial charge in [0.25, 0.3) is 0 Å². The van der Waals surface area contributed by atoms with E-state index in [0.717, 1.165) is 10.2 Å². The molecule has 110 valence electrons. The Labute approximate surface area is 129 Å². The number of rotatable bonds is 5. The highest BCUT2D eigenvalue weighted by atomic mass is 79.9. The van der Waals surface area contributed by atoms with Crippen LogP contribution in [0.1, 0.15) is 24.1 Å². The molecule has 0 bridgehead atoms. The second-order valence-corrected chi connectivity index (χ2v) is 7.40. The lowest BCUT2D eigenvalue weighted by atomic mass is 10.1. The summed E-state index contributed by atoms with van der Waals surface area (Å²) in [6.45, 7) is 0.125. The molecule has 0 saturated carbocycles. The van der Waals surface area contributed by atoms with Crippen molar-refractivity contribution in [3.8, 4) is 0 Å². The van der Waals surface area contributed by atoms with Crippen molar-refractivity contribution in [1.82, 2.24) is 4.90 Å². The van der Waals surface area contributed by atoms with Gasteiger partial charge in [0.1, 0.15) is 6.04 Å². The summed E-state index contributed by atoms with van der Waals surface area (Å²) >= 11 is 5.02. The largest absolute Gasteiger partial charge is 0.480 e. The molecule has 0 radical (unpaired) electrons. The van der Waals surface area contributed by atoms with E-state index >= 15 is 0 Å². The van der Waals surface area contributed by atoms with Crippen molar-refractivity contribution < 1.29 is 19.8 Å². The van der Waals surface area contributed by atoms with Crippen LogP contribution < -0.4 is 0 Å². The summed E-state index contributed by atoms with van der Waals surface area (Å²) in [7, 11) is 0. The van der Waals surface area contributed by atoms with Crippen molar-refractivity contribution in [1.29, 1.82) is 0 Å². The van der Waals surface area contributed by atoms with Gasteiger partial charge in [-0.3, -0.25) is 4.79 Å². The maximum atomic E-state index is 12.0. The Balaban J connectivity index is 1.83. The van der Waals surface area contributed by atoms with Gasteiger partial charge in [-0.2, -0.15) is 0 Å². The van der Waals surface area contributed by atoms with Gasteiger partial charge in [0.05, 0.1) is 9.89 Å². The predicted octanol–water partition coefficient (Wildman–Crippen LogP) is 1.88. The van der Waals surface area contributed by atoms with Crippen LogP contribution in [0, 0.1) is 0 Å². The van der Waals surface area contributed by atoms with E-state index in [4.69, 9.17) is 5.11 Å². The molecule has 1 saturated heterocycles. The number of likely N-dealkylation sites (tertiary alicyclic amines) is 1. The van der Waals surface area contributed by atoms with E-state index in [1.807, 2.05) is 12.1 Å². The number of halogens is 1. The van der Waals surface area contributed by atoms with Gasteiger partial charge in [-0.05, 0) is 40.9 Å². The highest BCUT2D eigenvalue weighted by Gasteiger charge is 2.38. The first-order chi connectivity index (χ1) is 9.47. The number of thiophene rings is 1. The van der Waals surface area contributed by atoms with Crippen molar-refractivity contribution in [2.24, 2.45) is 0 Å². The number of aliphatic hydroxyl groups excluding tert-OH is 1. The molecule has 0 aliphatic carbocycles. The van der Waals surface area contributed by atoms with Crippen LogP contribution >= 0.6 is 27.3 Å². The van der Waals surface area contributed by atoms with E-state index in [1.54, 1.807) is 11.3 Å². The summed E-state index contributed by atoms with van der Waals surface area (Å²) in [6.07, 6.45) is 1.19. The smallest absolute Gasteiger partial charge is 0.326 e. The number of carbonyl (C=O) groups excluding carboxylic acids is 1. The number of hydrogen-bond acceptors (Lipinski definition) is 4. The lowest BCUT2D eigenvalue weighted by molar-refractivity contribution is -0.148. The highest BCUT2D eigenvalue weighted by Crippen LogP contribution is 2.24. The molecule has 0 spiro atoms. The number of β-amino-alcohol motifs (C(OH)–C–C–N with tert-alkyl or cyclic N) is 1. The SMILES string of the molecule is O=C(O)[C@H]1C[C@@H](O)CN1C(=O)CCCc1ccc(Br)s1. The van der Waals surface area contributed by atoms with Gasteiger partial charge in [-0.1, -0.05) is 0 Å². The van der Waals surface area contributed by atoms with Crippen molar-refractivity contribution in [3.05, 3.63) is 20.8 Å². The van der Waals surface area contributed by atoms with E-state index in [1.165, 1.54) is 9.78 Å². The van der Waals surface area contributed by atoms with Gasteiger partial charge in [0.2, 0.25) is 5.91 Å². The first-order valence-electron chi connectivity index (χ1n) is 6.42. The third-order valence-corrected chi connectivity index (χ3v) is 5.01. The number of carbonyl (C=O) groups is 2. The number of aryl methyl sites for hydroxylation is 1. The topological polar surface area (TPSA) is 77.8 Å². The van der Waals surface area contributed by atoms with Crippen LogP contribution in [0.3, 0.4) is 0 Å². The Bertz CT molecular complexity index is 504. The fourth-order valence-electron chi connectivity index (χ4n) is 2.37. The lowest BCUT2D eigenvalue weighted by Gasteiger charge is -2.21. The molecule has 1 aromatic heterocycles. The summed E-state index contributed by atoms with van der Waals surface area (Å²) in [6, 6.07) is 3.10. The number of aliphatic carboxylic acids is 1. The third-order valence-electron chi connectivity index (χ3n) is 3.33. The minimum atomic E-state index is -1.04. The average Bonchev–Trinajstić information content (AvgIpc) is 2.95. The Morgan fingerprint density at radius 1 is 1.45 bits per heavy atom. The second-order valence-electron chi connectivity index (χ2n) is 4.85. The first-order valence-corrected chi connectivity index (χ1v) is 8.03. The molecule has 1 fully saturated rings. The zero-order chi connectivity index (χ0) is 14.7. The van der Waals surface area contributed by atoms with Crippen molar-refractivity contribution >= 4 is 39.1 Å². The molecule has 2 N–H and O–H groups in total. The molecule has 0 aromatic carbocycles. The summed E-state index contributed by atoms with van der Waals surface area (Å²) in [5.74, 6) is -1.23. The molecule has 1 amide bonds. The molecule has 0 unspecified atom stereocenters. The number of hydrogen-bond donors (Lipinski definition) is 2. The van der Waals surface area contributed by atoms with Gasteiger partial charge in [0.15, 0.2) is 0 Å². The van der Waals surface area contributed by atoms with Crippen molar-refractivity contribution in [2.75, 3.05) is 6.54 Å². The van der Waals surface area contributed by atoms with Gasteiger partial charge in [-0.25, -0.2) is 4.79 Å². The highest BCUT2D eigenvalue weighted by molar-refractivity contribution is 9.11. The Kier molecular flexibility index (Phi) is 5.17. The Morgan fingerprint density at radius 3 is 2.80 bits per heavy atom. The number of carboxylic acids is 1. The van der Waals surface area contributed by atoms with E-state index < -0.39 is 18.1 Å². The fourth-order valence-corrected chi connectivity index (χ4v) is 3.89. The summed E-state index contributed by atoms with van der Waals surface area (Å²) in [5.41, 5.74) is 0. The normalized spacial score (nSPS) is 22.2.